The van der Waals surface area contributed by atoms with E-state index in [1.165, 1.54) is 45.5 Å². The minimum atomic E-state index is -6.09. The molecule has 0 N–H and O–H groups in total. The molecule has 0 amide bonds. The SMILES string of the molecule is Cc1ccccc1C=NC1CC(N=Cc2ccccc2C)CC(N=Cc2ccccc2C)C1.O=S(=O)([O-])C(F)(F)F.[Fe+2].[O-]c1c(Cl)cccc1Cl. The summed E-state index contributed by atoms with van der Waals surface area (Å²) in [6, 6.07) is 30.5. The van der Waals surface area contributed by atoms with Gasteiger partial charge in [-0.1, -0.05) is 108 Å². The maximum absolute atomic E-state index is 10.7. The van der Waals surface area contributed by atoms with E-state index in [1.807, 2.05) is 18.6 Å². The first-order valence-electron chi connectivity index (χ1n) is 15.4. The standard InChI is InChI=1S/C30H33N3.C6H4Cl2O.CHF3O3S.Fe/c1-22-10-4-7-13-25(22)19-31-28-16-29(32-20-26-14-8-5-11-23(26)2)18-30(17-28)33-21-27-15-9-6-12-24(27)3;7-4-2-1-3-5(8)6(4)9;2-1(3,4)8(5,6)7;/h4-15,19-21,28-30H,16-18H2,1-3H3;1-3,9H;(H,5,6,7);/q;;;+2/p-2. The van der Waals surface area contributed by atoms with Crippen LogP contribution < -0.4 is 5.11 Å². The summed E-state index contributed by atoms with van der Waals surface area (Å²) in [7, 11) is -6.09. The third kappa shape index (κ3) is 14.6. The molecule has 0 aliphatic heterocycles. The summed E-state index contributed by atoms with van der Waals surface area (Å²) in [4.78, 5) is 15.0. The van der Waals surface area contributed by atoms with Crippen molar-refractivity contribution in [2.24, 2.45) is 15.0 Å². The maximum Gasteiger partial charge on any atom is 2.00 e. The van der Waals surface area contributed by atoms with Crippen LogP contribution >= 0.6 is 23.2 Å². The Labute approximate surface area is 317 Å². The number of para-hydroxylation sites is 1. The Bertz CT molecular complexity index is 1750. The van der Waals surface area contributed by atoms with Gasteiger partial charge in [-0.05, 0) is 85.5 Å². The fourth-order valence-corrected chi connectivity index (χ4v) is 5.23. The number of hydrogen-bond acceptors (Lipinski definition) is 7. The fourth-order valence-electron chi connectivity index (χ4n) is 4.83. The topological polar surface area (TPSA) is 117 Å². The van der Waals surface area contributed by atoms with Crippen molar-refractivity contribution in [3.8, 4) is 5.75 Å². The molecule has 0 heterocycles. The summed E-state index contributed by atoms with van der Waals surface area (Å²) >= 11 is 10.8. The zero-order valence-corrected chi connectivity index (χ0v) is 31.3. The van der Waals surface area contributed by atoms with Gasteiger partial charge >= 0.3 is 22.6 Å². The smallest absolute Gasteiger partial charge is 0.870 e. The first-order chi connectivity index (χ1) is 23.5. The average molecular weight is 803 g/mol. The van der Waals surface area contributed by atoms with Crippen LogP contribution in [-0.2, 0) is 27.2 Å². The molecule has 0 aromatic heterocycles. The van der Waals surface area contributed by atoms with Gasteiger partial charge in [0.05, 0.1) is 18.1 Å². The second-order valence-corrected chi connectivity index (χ2v) is 13.7. The first-order valence-corrected chi connectivity index (χ1v) is 17.6. The molecule has 272 valence electrons. The third-order valence-corrected chi connectivity index (χ3v) is 8.84. The summed E-state index contributed by atoms with van der Waals surface area (Å²) in [5.74, 6) is -0.305. The Balaban J connectivity index is 0.000000412. The van der Waals surface area contributed by atoms with Gasteiger partial charge in [-0.3, -0.25) is 15.0 Å². The first kappa shape index (κ1) is 43.7. The number of rotatable bonds is 6. The Morgan fingerprint density at radius 2 is 0.902 bits per heavy atom. The van der Waals surface area contributed by atoms with E-state index < -0.39 is 15.6 Å². The molecule has 7 nitrogen and oxygen atoms in total. The molecule has 4 aromatic carbocycles. The Morgan fingerprint density at radius 3 is 1.14 bits per heavy atom. The van der Waals surface area contributed by atoms with Crippen LogP contribution in [0.1, 0.15) is 52.6 Å². The summed E-state index contributed by atoms with van der Waals surface area (Å²) in [6.45, 7) is 6.40. The van der Waals surface area contributed by atoms with E-state index in [1.54, 1.807) is 6.07 Å². The molecule has 0 unspecified atom stereocenters. The number of nitrogens with zero attached hydrogens (tertiary/aromatic N) is 3. The van der Waals surface area contributed by atoms with Crippen LogP contribution in [0.2, 0.25) is 10.0 Å². The molecule has 1 saturated carbocycles. The summed E-state index contributed by atoms with van der Waals surface area (Å²) in [6.07, 6.45) is 8.99. The minimum absolute atomic E-state index is 0. The number of halogens is 5. The van der Waals surface area contributed by atoms with Crippen molar-refractivity contribution in [2.45, 2.75) is 63.7 Å². The summed E-state index contributed by atoms with van der Waals surface area (Å²) in [5.41, 5.74) is 1.66. The van der Waals surface area contributed by atoms with Crippen molar-refractivity contribution in [3.63, 3.8) is 0 Å². The van der Waals surface area contributed by atoms with Gasteiger partial charge in [0.25, 0.3) is 0 Å². The van der Waals surface area contributed by atoms with Crippen LogP contribution in [0, 0.1) is 20.8 Å². The second kappa shape index (κ2) is 20.5. The van der Waals surface area contributed by atoms with Crippen molar-refractivity contribution in [2.75, 3.05) is 0 Å². The van der Waals surface area contributed by atoms with Crippen LogP contribution in [0.3, 0.4) is 0 Å². The fraction of sp³-hybridized carbons (Fsp3) is 0.270. The molecule has 1 fully saturated rings. The largest absolute Gasteiger partial charge is 2.00 e. The molecule has 1 aliphatic carbocycles. The van der Waals surface area contributed by atoms with Crippen LogP contribution in [0.25, 0.3) is 0 Å². The molecule has 0 radical (unpaired) electrons. The Hall–Kier alpha value is -3.51. The van der Waals surface area contributed by atoms with E-state index in [2.05, 4.69) is 93.6 Å². The number of alkyl halides is 3. The molecule has 14 heteroatoms. The Morgan fingerprint density at radius 1 is 0.627 bits per heavy atom. The number of aryl methyl sites for hydroxylation is 3. The van der Waals surface area contributed by atoms with Gasteiger partial charge in [0.15, 0.2) is 10.1 Å². The van der Waals surface area contributed by atoms with E-state index in [0.29, 0.717) is 0 Å². The molecule has 5 rings (SSSR count). The zero-order chi connectivity index (χ0) is 36.9. The van der Waals surface area contributed by atoms with Gasteiger partial charge in [-0.15, -0.1) is 0 Å². The molecule has 0 spiro atoms. The predicted molar refractivity (Wildman–Crippen MR) is 193 cm³/mol. The number of benzene rings is 4. The van der Waals surface area contributed by atoms with Crippen LogP contribution in [-0.4, -0.2) is 55.2 Å². The van der Waals surface area contributed by atoms with Gasteiger partial charge in [0, 0.05) is 28.7 Å². The quantitative estimate of drug-likeness (QED) is 0.0840. The van der Waals surface area contributed by atoms with Gasteiger partial charge in [0.1, 0.15) is 0 Å². The van der Waals surface area contributed by atoms with E-state index in [-0.39, 0.29) is 51.0 Å². The Kier molecular flexibility index (Phi) is 17.6. The van der Waals surface area contributed by atoms with Crippen LogP contribution in [0.5, 0.6) is 5.75 Å². The van der Waals surface area contributed by atoms with Crippen molar-refractivity contribution in [1.29, 1.82) is 0 Å². The van der Waals surface area contributed by atoms with E-state index in [9.17, 15) is 18.3 Å². The maximum atomic E-state index is 10.7. The summed E-state index contributed by atoms with van der Waals surface area (Å²) in [5, 5.41) is 11.0. The van der Waals surface area contributed by atoms with E-state index in [0.717, 1.165) is 19.3 Å². The molecule has 0 saturated heterocycles. The van der Waals surface area contributed by atoms with E-state index >= 15 is 0 Å². The zero-order valence-electron chi connectivity index (χ0n) is 27.9. The number of aliphatic imine (C=N–C) groups is 3. The van der Waals surface area contributed by atoms with Gasteiger partial charge in [-0.2, -0.15) is 13.2 Å². The molecular weight excluding hydrogens is 766 g/mol. The molecule has 51 heavy (non-hydrogen) atoms. The van der Waals surface area contributed by atoms with Crippen molar-refractivity contribution >= 4 is 52.0 Å². The average Bonchev–Trinajstić information content (AvgIpc) is 3.06. The van der Waals surface area contributed by atoms with Gasteiger partial charge in [0.2, 0.25) is 0 Å². The molecule has 0 atom stereocenters. The summed E-state index contributed by atoms with van der Waals surface area (Å²) < 4.78 is 58.9. The predicted octanol–water partition coefficient (Wildman–Crippen LogP) is 8.67. The van der Waals surface area contributed by atoms with Crippen LogP contribution in [0.15, 0.2) is 106 Å². The van der Waals surface area contributed by atoms with Crippen molar-refractivity contribution in [3.05, 3.63) is 134 Å². The second-order valence-electron chi connectivity index (χ2n) is 11.5. The van der Waals surface area contributed by atoms with Crippen molar-refractivity contribution < 1.29 is 48.3 Å². The number of hydrogen-bond donors (Lipinski definition) is 0. The molecule has 4 aromatic rings. The molecular formula is C37H36Cl2F3FeN3O4S. The van der Waals surface area contributed by atoms with Crippen molar-refractivity contribution in [1.82, 2.24) is 0 Å². The minimum Gasteiger partial charge on any atom is -0.870 e. The van der Waals surface area contributed by atoms with Crippen LogP contribution in [0.4, 0.5) is 13.2 Å². The third-order valence-electron chi connectivity index (χ3n) is 7.67. The normalized spacial score (nSPS) is 17.7. The molecule has 1 aliphatic rings. The van der Waals surface area contributed by atoms with E-state index in [4.69, 9.17) is 51.1 Å². The van der Waals surface area contributed by atoms with Gasteiger partial charge < -0.3 is 9.66 Å². The van der Waals surface area contributed by atoms with Gasteiger partial charge in [-0.25, -0.2) is 8.42 Å². The monoisotopic (exact) mass is 801 g/mol. The molecule has 0 bridgehead atoms.